The van der Waals surface area contributed by atoms with Crippen LogP contribution in [0.2, 0.25) is 0 Å². The van der Waals surface area contributed by atoms with Crippen LogP contribution in [0.25, 0.3) is 11.0 Å². The fraction of sp³-hybridized carbons (Fsp3) is 0.0833. The molecular formula is C12H9N3O3. The normalized spacial score (nSPS) is 10.9. The van der Waals surface area contributed by atoms with Crippen molar-refractivity contribution >= 4 is 16.9 Å². The maximum Gasteiger partial charge on any atom is 0.372 e. The molecule has 3 rings (SSSR count). The molecule has 1 aromatic carbocycles. The van der Waals surface area contributed by atoms with Crippen molar-refractivity contribution in [3.63, 3.8) is 0 Å². The van der Waals surface area contributed by atoms with Gasteiger partial charge >= 0.3 is 5.97 Å². The van der Waals surface area contributed by atoms with E-state index in [0.717, 1.165) is 5.39 Å². The number of aromatic nitrogens is 3. The van der Waals surface area contributed by atoms with Gasteiger partial charge in [-0.05, 0) is 6.07 Å². The minimum atomic E-state index is -1.08. The predicted octanol–water partition coefficient (Wildman–Crippen LogP) is 1.77. The number of carboxylic acids is 1. The number of benzene rings is 1. The van der Waals surface area contributed by atoms with Crippen molar-refractivity contribution in [1.29, 1.82) is 0 Å². The molecule has 0 spiro atoms. The second kappa shape index (κ2) is 3.99. The predicted molar refractivity (Wildman–Crippen MR) is 62.3 cm³/mol. The van der Waals surface area contributed by atoms with Gasteiger partial charge in [0, 0.05) is 10.9 Å². The highest BCUT2D eigenvalue weighted by Gasteiger charge is 2.19. The molecule has 6 heteroatoms. The zero-order chi connectivity index (χ0) is 12.5. The van der Waals surface area contributed by atoms with Crippen LogP contribution in [0.5, 0.6) is 0 Å². The number of fused-ring (bicyclic) bond motifs is 1. The van der Waals surface area contributed by atoms with Gasteiger partial charge in [0.1, 0.15) is 18.2 Å². The fourth-order valence-electron chi connectivity index (χ4n) is 1.90. The Morgan fingerprint density at radius 1 is 1.39 bits per heavy atom. The molecule has 0 atom stereocenters. The van der Waals surface area contributed by atoms with Gasteiger partial charge < -0.3 is 9.52 Å². The first-order valence-electron chi connectivity index (χ1n) is 5.32. The lowest BCUT2D eigenvalue weighted by molar-refractivity contribution is 0.0663. The fourth-order valence-corrected chi connectivity index (χ4v) is 1.90. The first-order valence-corrected chi connectivity index (χ1v) is 5.32. The van der Waals surface area contributed by atoms with Crippen molar-refractivity contribution in [2.45, 2.75) is 6.54 Å². The van der Waals surface area contributed by atoms with Crippen LogP contribution in [-0.4, -0.2) is 25.8 Å². The summed E-state index contributed by atoms with van der Waals surface area (Å²) in [5, 5.41) is 13.9. The quantitative estimate of drug-likeness (QED) is 0.758. The molecule has 0 aliphatic heterocycles. The van der Waals surface area contributed by atoms with Crippen molar-refractivity contribution < 1.29 is 14.3 Å². The van der Waals surface area contributed by atoms with Crippen LogP contribution in [0.4, 0.5) is 0 Å². The van der Waals surface area contributed by atoms with Gasteiger partial charge in [0.25, 0.3) is 0 Å². The maximum atomic E-state index is 11.2. The zero-order valence-corrected chi connectivity index (χ0v) is 9.28. The number of aromatic carboxylic acids is 1. The average Bonchev–Trinajstić information content (AvgIpc) is 2.98. The topological polar surface area (TPSA) is 81.1 Å². The third-order valence-electron chi connectivity index (χ3n) is 2.68. The lowest BCUT2D eigenvalue weighted by Crippen LogP contribution is -2.05. The van der Waals surface area contributed by atoms with E-state index in [-0.39, 0.29) is 5.76 Å². The molecule has 2 aromatic heterocycles. The summed E-state index contributed by atoms with van der Waals surface area (Å²) in [7, 11) is 0. The summed E-state index contributed by atoms with van der Waals surface area (Å²) in [4.78, 5) is 15.0. The molecule has 0 saturated heterocycles. The monoisotopic (exact) mass is 243 g/mol. The molecule has 0 saturated carbocycles. The van der Waals surface area contributed by atoms with Crippen molar-refractivity contribution in [2.24, 2.45) is 0 Å². The second-order valence-corrected chi connectivity index (χ2v) is 3.80. The lowest BCUT2D eigenvalue weighted by Gasteiger charge is -1.99. The van der Waals surface area contributed by atoms with E-state index in [9.17, 15) is 4.79 Å². The highest BCUT2D eigenvalue weighted by Crippen LogP contribution is 2.26. The van der Waals surface area contributed by atoms with E-state index in [1.54, 1.807) is 16.8 Å². The van der Waals surface area contributed by atoms with E-state index in [4.69, 9.17) is 9.52 Å². The Labute approximate surface area is 101 Å². The van der Waals surface area contributed by atoms with E-state index < -0.39 is 5.97 Å². The number of furan rings is 1. The van der Waals surface area contributed by atoms with Gasteiger partial charge in [0.05, 0.1) is 6.54 Å². The molecular weight excluding hydrogens is 234 g/mol. The van der Waals surface area contributed by atoms with Crippen LogP contribution >= 0.6 is 0 Å². The Morgan fingerprint density at radius 3 is 2.94 bits per heavy atom. The number of hydrogen-bond acceptors (Lipinski definition) is 4. The Hall–Kier alpha value is -2.63. The van der Waals surface area contributed by atoms with E-state index >= 15 is 0 Å². The molecule has 0 unspecified atom stereocenters. The molecule has 6 nitrogen and oxygen atoms in total. The summed E-state index contributed by atoms with van der Waals surface area (Å²) in [6.45, 7) is 0.318. The largest absolute Gasteiger partial charge is 0.475 e. The van der Waals surface area contributed by atoms with Gasteiger partial charge in [-0.3, -0.25) is 0 Å². The van der Waals surface area contributed by atoms with E-state index in [0.29, 0.717) is 17.7 Å². The zero-order valence-electron chi connectivity index (χ0n) is 9.28. The third-order valence-corrected chi connectivity index (χ3v) is 2.68. The summed E-state index contributed by atoms with van der Waals surface area (Å²) in [5.41, 5.74) is 1.16. The number of hydrogen-bond donors (Lipinski definition) is 1. The van der Waals surface area contributed by atoms with Gasteiger partial charge in [-0.15, -0.1) is 0 Å². The molecule has 0 aliphatic carbocycles. The molecule has 0 fully saturated rings. The molecule has 0 aliphatic rings. The molecule has 0 amide bonds. The molecule has 18 heavy (non-hydrogen) atoms. The maximum absolute atomic E-state index is 11.2. The summed E-state index contributed by atoms with van der Waals surface area (Å²) < 4.78 is 6.91. The molecule has 1 N–H and O–H groups in total. The Bertz CT molecular complexity index is 701. The van der Waals surface area contributed by atoms with Crippen LogP contribution in [0, 0.1) is 0 Å². The smallest absolute Gasteiger partial charge is 0.372 e. The summed E-state index contributed by atoms with van der Waals surface area (Å²) in [6.07, 6.45) is 2.94. The Balaban J connectivity index is 2.18. The van der Waals surface area contributed by atoms with Crippen LogP contribution in [-0.2, 0) is 6.54 Å². The van der Waals surface area contributed by atoms with Crippen molar-refractivity contribution in [2.75, 3.05) is 0 Å². The molecule has 0 bridgehead atoms. The van der Waals surface area contributed by atoms with Gasteiger partial charge in [0.15, 0.2) is 0 Å². The minimum absolute atomic E-state index is 0.0494. The summed E-state index contributed by atoms with van der Waals surface area (Å²) in [5.74, 6) is -1.13. The summed E-state index contributed by atoms with van der Waals surface area (Å²) in [6, 6.07) is 7.22. The van der Waals surface area contributed by atoms with Gasteiger partial charge in [-0.1, -0.05) is 18.2 Å². The number of para-hydroxylation sites is 1. The molecule has 90 valence electrons. The van der Waals surface area contributed by atoms with Gasteiger partial charge in [-0.2, -0.15) is 5.10 Å². The number of carboxylic acid groups (broad SMARTS) is 1. The first-order chi connectivity index (χ1) is 8.75. The lowest BCUT2D eigenvalue weighted by atomic mass is 10.1. The van der Waals surface area contributed by atoms with E-state index in [1.807, 2.05) is 12.1 Å². The van der Waals surface area contributed by atoms with E-state index in [1.165, 1.54) is 12.7 Å². The second-order valence-electron chi connectivity index (χ2n) is 3.80. The van der Waals surface area contributed by atoms with Crippen LogP contribution in [0.15, 0.2) is 41.3 Å². The van der Waals surface area contributed by atoms with Gasteiger partial charge in [0.2, 0.25) is 5.76 Å². The van der Waals surface area contributed by atoms with E-state index in [2.05, 4.69) is 10.1 Å². The SMILES string of the molecule is O=C(O)c1oc2ccccc2c1Cn1cncn1. The highest BCUT2D eigenvalue weighted by molar-refractivity contribution is 5.95. The standard InChI is InChI=1S/C12H9N3O3/c16-12(17)11-9(5-15-7-13-6-14-15)8-3-1-2-4-10(8)18-11/h1-4,6-7H,5H2,(H,16,17). The van der Waals surface area contributed by atoms with Crippen molar-refractivity contribution in [1.82, 2.24) is 14.8 Å². The van der Waals surface area contributed by atoms with Gasteiger partial charge in [-0.25, -0.2) is 14.5 Å². The van der Waals surface area contributed by atoms with Crippen molar-refractivity contribution in [3.05, 3.63) is 48.2 Å². The molecule has 2 heterocycles. The molecule has 3 aromatic rings. The van der Waals surface area contributed by atoms with Crippen LogP contribution in [0.3, 0.4) is 0 Å². The first kappa shape index (κ1) is 10.5. The number of nitrogens with zero attached hydrogens (tertiary/aromatic N) is 3. The third kappa shape index (κ3) is 1.64. The average molecular weight is 243 g/mol. The van der Waals surface area contributed by atoms with Crippen LogP contribution in [0.1, 0.15) is 16.1 Å². The van der Waals surface area contributed by atoms with Crippen molar-refractivity contribution in [3.8, 4) is 0 Å². The molecule has 0 radical (unpaired) electrons. The Kier molecular flexibility index (Phi) is 2.33. The number of rotatable bonds is 3. The Morgan fingerprint density at radius 2 is 2.22 bits per heavy atom. The minimum Gasteiger partial charge on any atom is -0.475 e. The summed E-state index contributed by atoms with van der Waals surface area (Å²) >= 11 is 0. The highest BCUT2D eigenvalue weighted by atomic mass is 16.4. The van der Waals surface area contributed by atoms with Crippen LogP contribution < -0.4 is 0 Å². The number of carbonyl (C=O) groups is 1.